The van der Waals surface area contributed by atoms with E-state index in [-0.39, 0.29) is 24.1 Å². The quantitative estimate of drug-likeness (QED) is 0.521. The summed E-state index contributed by atoms with van der Waals surface area (Å²) in [5.41, 5.74) is 0.768. The molecule has 0 radical (unpaired) electrons. The van der Waals surface area contributed by atoms with Gasteiger partial charge in [0.05, 0.1) is 4.92 Å². The van der Waals surface area contributed by atoms with Gasteiger partial charge in [-0.25, -0.2) is 0 Å². The Morgan fingerprint density at radius 1 is 1.43 bits per heavy atom. The van der Waals surface area contributed by atoms with Crippen LogP contribution >= 0.6 is 0 Å². The zero-order valence-corrected chi connectivity index (χ0v) is 11.6. The Balaban J connectivity index is 1.96. The fourth-order valence-electron chi connectivity index (χ4n) is 2.39. The Morgan fingerprint density at radius 3 is 2.76 bits per heavy atom. The number of carbonyl (C=O) groups excluding carboxylic acids is 1. The van der Waals surface area contributed by atoms with E-state index in [0.717, 1.165) is 18.4 Å². The Labute approximate surface area is 122 Å². The van der Waals surface area contributed by atoms with Crippen molar-refractivity contribution in [1.82, 2.24) is 4.90 Å². The van der Waals surface area contributed by atoms with Crippen LogP contribution in [0.4, 0.5) is 5.69 Å². The number of nitro groups is 1. The summed E-state index contributed by atoms with van der Waals surface area (Å²) in [4.78, 5) is 23.9. The molecular formula is C15H18N2O4. The molecule has 1 aromatic carbocycles. The largest absolute Gasteiger partial charge is 0.396 e. The predicted octanol–water partition coefficient (Wildman–Crippen LogP) is 1.84. The van der Waals surface area contributed by atoms with Gasteiger partial charge in [0.2, 0.25) is 5.91 Å². The van der Waals surface area contributed by atoms with E-state index in [9.17, 15) is 14.9 Å². The van der Waals surface area contributed by atoms with Crippen LogP contribution in [-0.4, -0.2) is 40.5 Å². The van der Waals surface area contributed by atoms with Crippen molar-refractivity contribution in [2.24, 2.45) is 5.92 Å². The highest BCUT2D eigenvalue weighted by Crippen LogP contribution is 2.17. The van der Waals surface area contributed by atoms with E-state index in [1.807, 2.05) is 0 Å². The SMILES string of the molecule is O=C(/C=C/c1ccc([N+](=O)[O-])cc1)N1CCCC(CO)C1. The number of carbonyl (C=O) groups is 1. The van der Waals surface area contributed by atoms with Gasteiger partial charge in [-0.1, -0.05) is 0 Å². The van der Waals surface area contributed by atoms with Crippen molar-refractivity contribution < 1.29 is 14.8 Å². The van der Waals surface area contributed by atoms with Crippen molar-refractivity contribution in [1.29, 1.82) is 0 Å². The molecule has 1 N–H and O–H groups in total. The van der Waals surface area contributed by atoms with Gasteiger partial charge in [-0.2, -0.15) is 0 Å². The number of rotatable bonds is 4. The first-order valence-electron chi connectivity index (χ1n) is 6.92. The molecular weight excluding hydrogens is 272 g/mol. The molecule has 1 saturated heterocycles. The number of amides is 1. The second kappa shape index (κ2) is 6.99. The monoisotopic (exact) mass is 290 g/mol. The molecule has 0 spiro atoms. The van der Waals surface area contributed by atoms with E-state index in [4.69, 9.17) is 5.11 Å². The molecule has 6 heteroatoms. The molecule has 0 aliphatic carbocycles. The molecule has 1 unspecified atom stereocenters. The molecule has 6 nitrogen and oxygen atoms in total. The van der Waals surface area contributed by atoms with Crippen molar-refractivity contribution in [3.63, 3.8) is 0 Å². The molecule has 0 bridgehead atoms. The average Bonchev–Trinajstić information content (AvgIpc) is 2.53. The van der Waals surface area contributed by atoms with Crippen LogP contribution in [0.5, 0.6) is 0 Å². The third-order valence-corrected chi connectivity index (χ3v) is 3.61. The van der Waals surface area contributed by atoms with Crippen molar-refractivity contribution in [2.75, 3.05) is 19.7 Å². The van der Waals surface area contributed by atoms with Gasteiger partial charge in [-0.3, -0.25) is 14.9 Å². The van der Waals surface area contributed by atoms with Gasteiger partial charge in [-0.15, -0.1) is 0 Å². The van der Waals surface area contributed by atoms with Crippen molar-refractivity contribution >= 4 is 17.7 Å². The molecule has 1 amide bonds. The second-order valence-corrected chi connectivity index (χ2v) is 5.16. The minimum absolute atomic E-state index is 0.0281. The van der Waals surface area contributed by atoms with Crippen LogP contribution in [-0.2, 0) is 4.79 Å². The number of non-ortho nitro benzene ring substituents is 1. The van der Waals surface area contributed by atoms with Crippen LogP contribution < -0.4 is 0 Å². The lowest BCUT2D eigenvalue weighted by atomic mass is 9.99. The van der Waals surface area contributed by atoms with E-state index in [1.165, 1.54) is 18.2 Å². The maximum absolute atomic E-state index is 12.1. The normalized spacial score (nSPS) is 18.9. The number of nitro benzene ring substituents is 1. The lowest BCUT2D eigenvalue weighted by Gasteiger charge is -2.31. The van der Waals surface area contributed by atoms with Crippen LogP contribution in [0.3, 0.4) is 0 Å². The summed E-state index contributed by atoms with van der Waals surface area (Å²) >= 11 is 0. The molecule has 1 fully saturated rings. The molecule has 112 valence electrons. The van der Waals surface area contributed by atoms with E-state index in [1.54, 1.807) is 23.1 Å². The summed E-state index contributed by atoms with van der Waals surface area (Å²) in [6, 6.07) is 6.03. The van der Waals surface area contributed by atoms with Crippen molar-refractivity contribution in [2.45, 2.75) is 12.8 Å². The number of likely N-dealkylation sites (tertiary alicyclic amines) is 1. The highest BCUT2D eigenvalue weighted by atomic mass is 16.6. The fourth-order valence-corrected chi connectivity index (χ4v) is 2.39. The highest BCUT2D eigenvalue weighted by Gasteiger charge is 2.21. The van der Waals surface area contributed by atoms with Gasteiger partial charge >= 0.3 is 0 Å². The van der Waals surface area contributed by atoms with E-state index >= 15 is 0 Å². The first-order valence-corrected chi connectivity index (χ1v) is 6.92. The van der Waals surface area contributed by atoms with E-state index in [0.29, 0.717) is 13.1 Å². The Hall–Kier alpha value is -2.21. The first-order chi connectivity index (χ1) is 10.1. The van der Waals surface area contributed by atoms with E-state index < -0.39 is 4.92 Å². The standard InChI is InChI=1S/C15H18N2O4/c18-11-13-2-1-9-16(10-13)15(19)8-5-12-3-6-14(7-4-12)17(20)21/h3-8,13,18H,1-2,9-11H2/b8-5+. The van der Waals surface area contributed by atoms with E-state index in [2.05, 4.69) is 0 Å². The Bertz CT molecular complexity index is 539. The summed E-state index contributed by atoms with van der Waals surface area (Å²) in [7, 11) is 0. The van der Waals surface area contributed by atoms with Gasteiger partial charge in [-0.05, 0) is 42.5 Å². The average molecular weight is 290 g/mol. The molecule has 1 atom stereocenters. The van der Waals surface area contributed by atoms with Crippen LogP contribution in [0.2, 0.25) is 0 Å². The summed E-state index contributed by atoms with van der Waals surface area (Å²) in [5.74, 6) is 0.0713. The third-order valence-electron chi connectivity index (χ3n) is 3.61. The number of aliphatic hydroxyl groups excluding tert-OH is 1. The molecule has 1 heterocycles. The lowest BCUT2D eigenvalue weighted by molar-refractivity contribution is -0.384. The lowest BCUT2D eigenvalue weighted by Crippen LogP contribution is -2.40. The molecule has 2 rings (SSSR count). The van der Waals surface area contributed by atoms with Crippen molar-refractivity contribution in [3.05, 3.63) is 46.0 Å². The molecule has 21 heavy (non-hydrogen) atoms. The maximum Gasteiger partial charge on any atom is 0.269 e. The van der Waals surface area contributed by atoms with Crippen molar-refractivity contribution in [3.8, 4) is 0 Å². The zero-order valence-electron chi connectivity index (χ0n) is 11.6. The smallest absolute Gasteiger partial charge is 0.269 e. The molecule has 0 saturated carbocycles. The van der Waals surface area contributed by atoms with Crippen LogP contribution in [0.25, 0.3) is 6.08 Å². The number of benzene rings is 1. The van der Waals surface area contributed by atoms with Gasteiger partial charge < -0.3 is 10.0 Å². The number of piperidine rings is 1. The molecule has 1 aliphatic heterocycles. The summed E-state index contributed by atoms with van der Waals surface area (Å²) in [6.07, 6.45) is 4.98. The number of hydrogen-bond acceptors (Lipinski definition) is 4. The van der Waals surface area contributed by atoms with Crippen LogP contribution in [0.15, 0.2) is 30.3 Å². The third kappa shape index (κ3) is 4.13. The van der Waals surface area contributed by atoms with Gasteiger partial charge in [0, 0.05) is 37.9 Å². The minimum Gasteiger partial charge on any atom is -0.396 e. The Kier molecular flexibility index (Phi) is 5.05. The highest BCUT2D eigenvalue weighted by molar-refractivity contribution is 5.91. The minimum atomic E-state index is -0.457. The van der Waals surface area contributed by atoms with Crippen LogP contribution in [0, 0.1) is 16.0 Å². The summed E-state index contributed by atoms with van der Waals surface area (Å²) in [5, 5.41) is 19.7. The molecule has 0 aromatic heterocycles. The van der Waals surface area contributed by atoms with Gasteiger partial charge in [0.15, 0.2) is 0 Å². The van der Waals surface area contributed by atoms with Gasteiger partial charge in [0.1, 0.15) is 0 Å². The van der Waals surface area contributed by atoms with Gasteiger partial charge in [0.25, 0.3) is 5.69 Å². The predicted molar refractivity (Wildman–Crippen MR) is 78.5 cm³/mol. The number of hydrogen-bond donors (Lipinski definition) is 1. The number of nitrogens with zero attached hydrogens (tertiary/aromatic N) is 2. The summed E-state index contributed by atoms with van der Waals surface area (Å²) < 4.78 is 0. The van der Waals surface area contributed by atoms with Crippen LogP contribution in [0.1, 0.15) is 18.4 Å². The zero-order chi connectivity index (χ0) is 15.2. The second-order valence-electron chi connectivity index (χ2n) is 5.16. The number of aliphatic hydroxyl groups is 1. The fraction of sp³-hybridized carbons (Fsp3) is 0.400. The molecule has 1 aromatic rings. The Morgan fingerprint density at radius 2 is 2.14 bits per heavy atom. The maximum atomic E-state index is 12.1. The summed E-state index contributed by atoms with van der Waals surface area (Å²) in [6.45, 7) is 1.40. The molecule has 1 aliphatic rings. The first kappa shape index (κ1) is 15.2. The topological polar surface area (TPSA) is 83.7 Å².